The van der Waals surface area contributed by atoms with Crippen molar-refractivity contribution >= 4 is 6.09 Å². The van der Waals surface area contributed by atoms with Crippen molar-refractivity contribution < 1.29 is 19.4 Å². The topological polar surface area (TPSA) is 59.0 Å². The van der Waals surface area contributed by atoms with Gasteiger partial charge in [-0.15, -0.1) is 0 Å². The summed E-state index contributed by atoms with van der Waals surface area (Å²) in [5, 5.41) is 9.66. The zero-order chi connectivity index (χ0) is 16.3. The van der Waals surface area contributed by atoms with E-state index >= 15 is 0 Å². The molecule has 1 amide bonds. The fourth-order valence-corrected chi connectivity index (χ4v) is 2.54. The van der Waals surface area contributed by atoms with Gasteiger partial charge in [0.05, 0.1) is 24.4 Å². The Morgan fingerprint density at radius 1 is 1.38 bits per heavy atom. The molecule has 1 heterocycles. The molecule has 0 aromatic rings. The Bertz CT molecular complexity index is 351. The lowest BCUT2D eigenvalue weighted by Gasteiger charge is -2.44. The summed E-state index contributed by atoms with van der Waals surface area (Å²) in [7, 11) is 0. The van der Waals surface area contributed by atoms with E-state index in [1.165, 1.54) is 0 Å². The number of amides is 1. The van der Waals surface area contributed by atoms with E-state index in [4.69, 9.17) is 9.47 Å². The Morgan fingerprint density at radius 3 is 2.48 bits per heavy atom. The lowest BCUT2D eigenvalue weighted by molar-refractivity contribution is -0.149. The van der Waals surface area contributed by atoms with Crippen LogP contribution in [0.25, 0.3) is 0 Å². The quantitative estimate of drug-likeness (QED) is 0.867. The molecule has 0 saturated carbocycles. The van der Waals surface area contributed by atoms with E-state index in [0.29, 0.717) is 13.1 Å². The number of piperidine rings is 1. The molecule has 0 aromatic heterocycles. The average Bonchev–Trinajstić information content (AvgIpc) is 2.36. The van der Waals surface area contributed by atoms with Crippen LogP contribution < -0.4 is 0 Å². The Kier molecular flexibility index (Phi) is 6.05. The largest absolute Gasteiger partial charge is 0.444 e. The summed E-state index contributed by atoms with van der Waals surface area (Å²) >= 11 is 0. The zero-order valence-corrected chi connectivity index (χ0v) is 14.3. The molecule has 0 spiro atoms. The number of aliphatic hydroxyl groups excluding tert-OH is 1. The maximum atomic E-state index is 12.2. The Hall–Kier alpha value is -0.810. The van der Waals surface area contributed by atoms with Crippen molar-refractivity contribution in [3.8, 4) is 0 Å². The number of rotatable bonds is 4. The van der Waals surface area contributed by atoms with E-state index < -0.39 is 11.7 Å². The van der Waals surface area contributed by atoms with Crippen LogP contribution in [-0.2, 0) is 9.47 Å². The van der Waals surface area contributed by atoms with Crippen LogP contribution in [-0.4, -0.2) is 52.6 Å². The van der Waals surface area contributed by atoms with Crippen LogP contribution in [0.3, 0.4) is 0 Å². The van der Waals surface area contributed by atoms with Crippen LogP contribution in [0.1, 0.15) is 60.8 Å². The van der Waals surface area contributed by atoms with Crippen LogP contribution in [0, 0.1) is 0 Å². The summed E-state index contributed by atoms with van der Waals surface area (Å²) < 4.78 is 11.6. The summed E-state index contributed by atoms with van der Waals surface area (Å²) in [6, 6.07) is 0. The van der Waals surface area contributed by atoms with E-state index in [2.05, 4.69) is 6.92 Å². The van der Waals surface area contributed by atoms with Crippen molar-refractivity contribution in [3.05, 3.63) is 0 Å². The highest BCUT2D eigenvalue weighted by molar-refractivity contribution is 5.68. The number of aliphatic hydroxyl groups is 1. The Morgan fingerprint density at radius 2 is 2.00 bits per heavy atom. The molecule has 3 unspecified atom stereocenters. The first-order chi connectivity index (χ1) is 9.58. The number of hydrogen-bond donors (Lipinski definition) is 1. The molecule has 0 radical (unpaired) electrons. The number of nitrogens with zero attached hydrogens (tertiary/aromatic N) is 1. The summed E-state index contributed by atoms with van der Waals surface area (Å²) in [5.74, 6) is 0. The fourth-order valence-electron chi connectivity index (χ4n) is 2.54. The second-order valence-corrected chi connectivity index (χ2v) is 7.11. The van der Waals surface area contributed by atoms with Gasteiger partial charge in [0.25, 0.3) is 0 Å². The van der Waals surface area contributed by atoms with Gasteiger partial charge in [-0.1, -0.05) is 6.92 Å². The molecule has 0 aliphatic carbocycles. The van der Waals surface area contributed by atoms with E-state index in [1.54, 1.807) is 11.8 Å². The fraction of sp³-hybridized carbons (Fsp3) is 0.938. The van der Waals surface area contributed by atoms with E-state index in [9.17, 15) is 9.90 Å². The standard InChI is InChI=1S/C16H31NO4/c1-7-16(20-13(3)12(2)18)9-8-10-17(11-16)14(19)21-15(4,5)6/h12-13,18H,7-11H2,1-6H3. The van der Waals surface area contributed by atoms with Crippen LogP contribution in [0.4, 0.5) is 4.79 Å². The minimum Gasteiger partial charge on any atom is -0.444 e. The third-order valence-corrected chi connectivity index (χ3v) is 3.95. The molecular weight excluding hydrogens is 270 g/mol. The molecule has 21 heavy (non-hydrogen) atoms. The molecule has 1 saturated heterocycles. The van der Waals surface area contributed by atoms with Crippen molar-refractivity contribution in [2.45, 2.75) is 84.2 Å². The first kappa shape index (κ1) is 18.2. The summed E-state index contributed by atoms with van der Waals surface area (Å²) in [6.07, 6.45) is 1.55. The van der Waals surface area contributed by atoms with Gasteiger partial charge >= 0.3 is 6.09 Å². The average molecular weight is 301 g/mol. The Balaban J connectivity index is 2.73. The van der Waals surface area contributed by atoms with Gasteiger partial charge in [0.15, 0.2) is 0 Å². The first-order valence-electron chi connectivity index (χ1n) is 7.92. The SMILES string of the molecule is CCC1(OC(C)C(C)O)CCCN(C(=O)OC(C)(C)C)C1. The molecule has 1 rings (SSSR count). The predicted octanol–water partition coefficient (Wildman–Crippen LogP) is 2.95. The highest BCUT2D eigenvalue weighted by Gasteiger charge is 2.39. The number of likely N-dealkylation sites (tertiary alicyclic amines) is 1. The highest BCUT2D eigenvalue weighted by atomic mass is 16.6. The molecule has 3 atom stereocenters. The van der Waals surface area contributed by atoms with Gasteiger partial charge in [-0.2, -0.15) is 0 Å². The zero-order valence-electron chi connectivity index (χ0n) is 14.3. The van der Waals surface area contributed by atoms with Crippen molar-refractivity contribution in [1.82, 2.24) is 4.90 Å². The molecule has 0 aromatic carbocycles. The lowest BCUT2D eigenvalue weighted by atomic mass is 9.89. The monoisotopic (exact) mass is 301 g/mol. The molecule has 0 bridgehead atoms. The van der Waals surface area contributed by atoms with Crippen LogP contribution in [0.2, 0.25) is 0 Å². The number of hydrogen-bond acceptors (Lipinski definition) is 4. The third kappa shape index (κ3) is 5.47. The second-order valence-electron chi connectivity index (χ2n) is 7.11. The first-order valence-corrected chi connectivity index (χ1v) is 7.92. The molecule has 124 valence electrons. The van der Waals surface area contributed by atoms with Gasteiger partial charge < -0.3 is 19.5 Å². The number of carbonyl (C=O) groups excluding carboxylic acids is 1. The van der Waals surface area contributed by atoms with E-state index in [1.807, 2.05) is 27.7 Å². The maximum absolute atomic E-state index is 12.2. The van der Waals surface area contributed by atoms with Crippen LogP contribution >= 0.6 is 0 Å². The van der Waals surface area contributed by atoms with Crippen molar-refractivity contribution in [1.29, 1.82) is 0 Å². The highest BCUT2D eigenvalue weighted by Crippen LogP contribution is 2.31. The summed E-state index contributed by atoms with van der Waals surface area (Å²) in [5.41, 5.74) is -0.872. The smallest absolute Gasteiger partial charge is 0.410 e. The second kappa shape index (κ2) is 6.97. The molecule has 1 fully saturated rings. The van der Waals surface area contributed by atoms with Crippen molar-refractivity contribution in [2.75, 3.05) is 13.1 Å². The van der Waals surface area contributed by atoms with Gasteiger partial charge in [-0.3, -0.25) is 0 Å². The number of ether oxygens (including phenoxy) is 2. The molecule has 5 nitrogen and oxygen atoms in total. The van der Waals surface area contributed by atoms with Gasteiger partial charge in [-0.05, 0) is 53.9 Å². The van der Waals surface area contributed by atoms with Crippen molar-refractivity contribution in [2.24, 2.45) is 0 Å². The molecule has 1 N–H and O–H groups in total. The molecule has 1 aliphatic rings. The van der Waals surface area contributed by atoms with Crippen molar-refractivity contribution in [3.63, 3.8) is 0 Å². The van der Waals surface area contributed by atoms with Gasteiger partial charge in [0.2, 0.25) is 0 Å². The van der Waals surface area contributed by atoms with Crippen LogP contribution in [0.15, 0.2) is 0 Å². The van der Waals surface area contributed by atoms with Gasteiger partial charge in [-0.25, -0.2) is 4.79 Å². The van der Waals surface area contributed by atoms with E-state index in [-0.39, 0.29) is 17.8 Å². The maximum Gasteiger partial charge on any atom is 0.410 e. The molecular formula is C16H31NO4. The number of carbonyl (C=O) groups is 1. The molecule has 5 heteroatoms. The lowest BCUT2D eigenvalue weighted by Crippen LogP contribution is -2.54. The minimum atomic E-state index is -0.523. The molecule has 1 aliphatic heterocycles. The predicted molar refractivity (Wildman–Crippen MR) is 82.3 cm³/mol. The van der Waals surface area contributed by atoms with Gasteiger partial charge in [0, 0.05) is 6.54 Å². The summed E-state index contributed by atoms with van der Waals surface area (Å²) in [4.78, 5) is 14.0. The van der Waals surface area contributed by atoms with Gasteiger partial charge in [0.1, 0.15) is 5.60 Å². The van der Waals surface area contributed by atoms with Crippen LogP contribution in [0.5, 0.6) is 0 Å². The minimum absolute atomic E-state index is 0.247. The van der Waals surface area contributed by atoms with E-state index in [0.717, 1.165) is 19.3 Å². The third-order valence-electron chi connectivity index (χ3n) is 3.95. The Labute approximate surface area is 128 Å². The summed E-state index contributed by atoms with van der Waals surface area (Å²) in [6.45, 7) is 12.5. The normalized spacial score (nSPS) is 26.3.